The van der Waals surface area contributed by atoms with Crippen molar-refractivity contribution < 1.29 is 19.4 Å². The first-order valence-electron chi connectivity index (χ1n) is 6.42. The molecule has 0 unspecified atom stereocenters. The second-order valence-corrected chi connectivity index (χ2v) is 5.44. The number of ether oxygens (including phenoxy) is 2. The van der Waals surface area contributed by atoms with Crippen LogP contribution in [0.15, 0.2) is 12.1 Å². The summed E-state index contributed by atoms with van der Waals surface area (Å²) >= 11 is 0. The Balaban J connectivity index is 2.58. The first-order chi connectivity index (χ1) is 8.92. The van der Waals surface area contributed by atoms with Gasteiger partial charge in [0.2, 0.25) is 0 Å². The Bertz CT molecular complexity index is 501. The Hall–Kier alpha value is -1.55. The predicted molar refractivity (Wildman–Crippen MR) is 72.0 cm³/mol. The minimum Gasteiger partial charge on any atom is -0.496 e. The molecule has 0 saturated carbocycles. The van der Waals surface area contributed by atoms with Gasteiger partial charge < -0.3 is 14.6 Å². The van der Waals surface area contributed by atoms with E-state index in [1.54, 1.807) is 7.11 Å². The van der Waals surface area contributed by atoms with E-state index in [0.717, 1.165) is 22.4 Å². The normalized spacial score (nSPS) is 17.1. The Morgan fingerprint density at radius 1 is 1.42 bits per heavy atom. The van der Waals surface area contributed by atoms with Crippen molar-refractivity contribution in [3.05, 3.63) is 28.8 Å². The molecular weight excluding hydrogens is 244 g/mol. The fraction of sp³-hybridized carbons (Fsp3) is 0.533. The zero-order chi connectivity index (χ0) is 14.2. The van der Waals surface area contributed by atoms with Crippen molar-refractivity contribution in [2.75, 3.05) is 20.3 Å². The van der Waals surface area contributed by atoms with E-state index in [2.05, 4.69) is 13.8 Å². The molecule has 4 heteroatoms. The topological polar surface area (TPSA) is 55.8 Å². The second kappa shape index (κ2) is 4.85. The molecule has 1 N–H and O–H groups in total. The summed E-state index contributed by atoms with van der Waals surface area (Å²) in [6, 6.07) is 3.89. The number of aliphatic carboxylic acids is 1. The number of methoxy groups -OCH3 is 1. The van der Waals surface area contributed by atoms with Gasteiger partial charge in [-0.2, -0.15) is 0 Å². The molecule has 2 rings (SSSR count). The minimum atomic E-state index is -0.889. The number of rotatable bonds is 4. The van der Waals surface area contributed by atoms with Crippen molar-refractivity contribution in [3.63, 3.8) is 0 Å². The lowest BCUT2D eigenvalue weighted by Crippen LogP contribution is -2.53. The number of hydrogen-bond donors (Lipinski definition) is 1. The van der Waals surface area contributed by atoms with Gasteiger partial charge in [0.05, 0.1) is 20.3 Å². The fourth-order valence-electron chi connectivity index (χ4n) is 2.54. The molecule has 4 nitrogen and oxygen atoms in total. The van der Waals surface area contributed by atoms with E-state index in [-0.39, 0.29) is 19.1 Å². The van der Waals surface area contributed by atoms with E-state index in [0.29, 0.717) is 0 Å². The monoisotopic (exact) mass is 264 g/mol. The molecule has 1 saturated heterocycles. The SMILES string of the molecule is COc1cc(C)c(C2(C(=O)O)COC2)cc1C(C)C. The van der Waals surface area contributed by atoms with Gasteiger partial charge in [0.1, 0.15) is 11.2 Å². The zero-order valence-corrected chi connectivity index (χ0v) is 11.8. The highest BCUT2D eigenvalue weighted by Gasteiger charge is 2.49. The largest absolute Gasteiger partial charge is 0.496 e. The highest BCUT2D eigenvalue weighted by Crippen LogP contribution is 2.39. The van der Waals surface area contributed by atoms with Crippen LogP contribution in [0, 0.1) is 6.92 Å². The van der Waals surface area contributed by atoms with Crippen LogP contribution in [0.2, 0.25) is 0 Å². The maximum Gasteiger partial charge on any atom is 0.318 e. The lowest BCUT2D eigenvalue weighted by Gasteiger charge is -2.39. The van der Waals surface area contributed by atoms with E-state index in [1.807, 2.05) is 19.1 Å². The van der Waals surface area contributed by atoms with E-state index >= 15 is 0 Å². The first kappa shape index (κ1) is 13.9. The Kier molecular flexibility index (Phi) is 3.54. The van der Waals surface area contributed by atoms with Gasteiger partial charge in [-0.25, -0.2) is 0 Å². The highest BCUT2D eigenvalue weighted by molar-refractivity contribution is 5.83. The van der Waals surface area contributed by atoms with Gasteiger partial charge in [-0.15, -0.1) is 0 Å². The highest BCUT2D eigenvalue weighted by atomic mass is 16.5. The van der Waals surface area contributed by atoms with Gasteiger partial charge in [0.25, 0.3) is 0 Å². The van der Waals surface area contributed by atoms with Gasteiger partial charge in [0, 0.05) is 0 Å². The third-order valence-corrected chi connectivity index (χ3v) is 3.82. The molecule has 104 valence electrons. The lowest BCUT2D eigenvalue weighted by atomic mass is 9.75. The summed E-state index contributed by atoms with van der Waals surface area (Å²) < 4.78 is 10.5. The van der Waals surface area contributed by atoms with Crippen molar-refractivity contribution in [3.8, 4) is 5.75 Å². The quantitative estimate of drug-likeness (QED) is 0.907. The molecule has 0 bridgehead atoms. The van der Waals surface area contributed by atoms with E-state index in [9.17, 15) is 9.90 Å². The standard InChI is InChI=1S/C15H20O4/c1-9(2)11-6-12(10(3)5-13(11)18-4)15(14(16)17)7-19-8-15/h5-6,9H,7-8H2,1-4H3,(H,16,17). The molecule has 0 atom stereocenters. The van der Waals surface area contributed by atoms with Crippen LogP contribution in [-0.2, 0) is 14.9 Å². The summed E-state index contributed by atoms with van der Waals surface area (Å²) in [5.74, 6) is 0.278. The van der Waals surface area contributed by atoms with E-state index in [1.165, 1.54) is 0 Å². The molecule has 19 heavy (non-hydrogen) atoms. The average Bonchev–Trinajstić information content (AvgIpc) is 2.28. The maximum atomic E-state index is 11.6. The molecular formula is C15H20O4. The van der Waals surface area contributed by atoms with Crippen molar-refractivity contribution in [1.82, 2.24) is 0 Å². The number of carboxylic acid groups (broad SMARTS) is 1. The Labute approximate surface area is 113 Å². The smallest absolute Gasteiger partial charge is 0.318 e. The minimum absolute atomic E-state index is 0.243. The molecule has 1 aromatic carbocycles. The second-order valence-electron chi connectivity index (χ2n) is 5.44. The molecule has 1 aliphatic rings. The number of benzene rings is 1. The van der Waals surface area contributed by atoms with E-state index in [4.69, 9.17) is 9.47 Å². The molecule has 0 aliphatic carbocycles. The third-order valence-electron chi connectivity index (χ3n) is 3.82. The molecule has 0 radical (unpaired) electrons. The number of carboxylic acids is 1. The fourth-order valence-corrected chi connectivity index (χ4v) is 2.54. The van der Waals surface area contributed by atoms with Gasteiger partial charge in [-0.3, -0.25) is 4.79 Å². The predicted octanol–water partition coefficient (Wildman–Crippen LogP) is 2.48. The van der Waals surface area contributed by atoms with Crippen molar-refractivity contribution in [2.24, 2.45) is 0 Å². The van der Waals surface area contributed by atoms with Gasteiger partial charge in [0.15, 0.2) is 0 Å². The van der Waals surface area contributed by atoms with Crippen molar-refractivity contribution in [1.29, 1.82) is 0 Å². The van der Waals surface area contributed by atoms with Crippen LogP contribution in [0.3, 0.4) is 0 Å². The van der Waals surface area contributed by atoms with Crippen molar-refractivity contribution in [2.45, 2.75) is 32.1 Å². The van der Waals surface area contributed by atoms with Crippen LogP contribution in [0.1, 0.15) is 36.5 Å². The third kappa shape index (κ3) is 2.10. The Morgan fingerprint density at radius 2 is 2.05 bits per heavy atom. The molecule has 0 amide bonds. The zero-order valence-electron chi connectivity index (χ0n) is 11.8. The molecule has 1 aromatic rings. The molecule has 1 heterocycles. The summed E-state index contributed by atoms with van der Waals surface area (Å²) in [5, 5.41) is 9.51. The average molecular weight is 264 g/mol. The van der Waals surface area contributed by atoms with Crippen molar-refractivity contribution >= 4 is 5.97 Å². The number of carbonyl (C=O) groups is 1. The van der Waals surface area contributed by atoms with Crippen LogP contribution in [0.5, 0.6) is 5.75 Å². The van der Waals surface area contributed by atoms with Crippen LogP contribution < -0.4 is 4.74 Å². The van der Waals surface area contributed by atoms with E-state index < -0.39 is 11.4 Å². The van der Waals surface area contributed by atoms with Crippen LogP contribution in [-0.4, -0.2) is 31.4 Å². The van der Waals surface area contributed by atoms with Gasteiger partial charge >= 0.3 is 5.97 Å². The lowest BCUT2D eigenvalue weighted by molar-refractivity contribution is -0.163. The van der Waals surface area contributed by atoms with Crippen LogP contribution >= 0.6 is 0 Å². The summed E-state index contributed by atoms with van der Waals surface area (Å²) in [4.78, 5) is 11.6. The molecule has 0 aromatic heterocycles. The maximum absolute atomic E-state index is 11.6. The summed E-state index contributed by atoms with van der Waals surface area (Å²) in [5.41, 5.74) is 1.93. The molecule has 1 aliphatic heterocycles. The molecule has 1 fully saturated rings. The summed E-state index contributed by atoms with van der Waals surface area (Å²) in [7, 11) is 1.64. The number of aryl methyl sites for hydroxylation is 1. The first-order valence-corrected chi connectivity index (χ1v) is 6.42. The number of hydrogen-bond acceptors (Lipinski definition) is 3. The van der Waals surface area contributed by atoms with Crippen LogP contribution in [0.4, 0.5) is 0 Å². The van der Waals surface area contributed by atoms with Crippen LogP contribution in [0.25, 0.3) is 0 Å². The molecule has 0 spiro atoms. The summed E-state index contributed by atoms with van der Waals surface area (Å²) in [6.45, 7) is 6.55. The Morgan fingerprint density at radius 3 is 2.42 bits per heavy atom. The summed E-state index contributed by atoms with van der Waals surface area (Å²) in [6.07, 6.45) is 0. The van der Waals surface area contributed by atoms with Gasteiger partial charge in [-0.1, -0.05) is 19.9 Å². The van der Waals surface area contributed by atoms with Gasteiger partial charge in [-0.05, 0) is 35.6 Å².